The molecule has 24 heavy (non-hydrogen) atoms. The van der Waals surface area contributed by atoms with Crippen molar-refractivity contribution in [2.24, 2.45) is 0 Å². The standard InChI is InChI=1S/C15H23N3O4S2/c1-4-5-6-12-15(20)17(3)7-8-18(12)24(21,22)11-9-13(23-10-11)14(19)16-2/h9-10,12H,4-8H2,1-3H3,(H,16,19)/t12-/m0/s1. The Hall–Kier alpha value is -1.45. The Bertz CT molecular complexity index is 714. The third-order valence-corrected chi connectivity index (χ3v) is 7.09. The molecule has 1 fully saturated rings. The molecule has 1 atom stereocenters. The number of sulfonamides is 1. The van der Waals surface area contributed by atoms with E-state index < -0.39 is 16.1 Å². The number of thiophene rings is 1. The van der Waals surface area contributed by atoms with E-state index in [1.807, 2.05) is 6.92 Å². The topological polar surface area (TPSA) is 86.8 Å². The molecule has 0 aromatic carbocycles. The predicted molar refractivity (Wildman–Crippen MR) is 92.6 cm³/mol. The van der Waals surface area contributed by atoms with E-state index in [4.69, 9.17) is 0 Å². The van der Waals surface area contributed by atoms with Gasteiger partial charge in [-0.1, -0.05) is 19.8 Å². The number of nitrogens with zero attached hydrogens (tertiary/aromatic N) is 2. The van der Waals surface area contributed by atoms with Crippen LogP contribution >= 0.6 is 11.3 Å². The largest absolute Gasteiger partial charge is 0.354 e. The Kier molecular flexibility index (Phi) is 6.00. The summed E-state index contributed by atoms with van der Waals surface area (Å²) >= 11 is 1.08. The Morgan fingerprint density at radius 1 is 1.42 bits per heavy atom. The highest BCUT2D eigenvalue weighted by molar-refractivity contribution is 7.89. The molecule has 0 bridgehead atoms. The molecule has 2 rings (SSSR count). The van der Waals surface area contributed by atoms with Crippen LogP contribution in [-0.4, -0.2) is 62.7 Å². The Morgan fingerprint density at radius 3 is 2.75 bits per heavy atom. The lowest BCUT2D eigenvalue weighted by Gasteiger charge is -2.38. The summed E-state index contributed by atoms with van der Waals surface area (Å²) in [6.07, 6.45) is 2.18. The molecular weight excluding hydrogens is 350 g/mol. The summed E-state index contributed by atoms with van der Waals surface area (Å²) in [4.78, 5) is 26.1. The zero-order valence-electron chi connectivity index (χ0n) is 14.1. The predicted octanol–water partition coefficient (Wildman–Crippen LogP) is 1.13. The molecule has 1 N–H and O–H groups in total. The highest BCUT2D eigenvalue weighted by Gasteiger charge is 2.40. The molecule has 2 amide bonds. The number of carbonyl (C=O) groups excluding carboxylic acids is 2. The summed E-state index contributed by atoms with van der Waals surface area (Å²) in [7, 11) is -0.612. The number of rotatable bonds is 6. The molecule has 0 saturated carbocycles. The van der Waals surface area contributed by atoms with E-state index in [0.29, 0.717) is 17.8 Å². The molecule has 1 saturated heterocycles. The van der Waals surface area contributed by atoms with E-state index in [-0.39, 0.29) is 23.3 Å². The normalized spacial score (nSPS) is 19.5. The lowest BCUT2D eigenvalue weighted by molar-refractivity contribution is -0.137. The molecule has 9 heteroatoms. The molecule has 0 unspecified atom stereocenters. The highest BCUT2D eigenvalue weighted by atomic mass is 32.2. The zero-order valence-corrected chi connectivity index (χ0v) is 15.7. The number of hydrogen-bond acceptors (Lipinski definition) is 5. The minimum Gasteiger partial charge on any atom is -0.354 e. The second-order valence-corrected chi connectivity index (χ2v) is 8.56. The fraction of sp³-hybridized carbons (Fsp3) is 0.600. The van der Waals surface area contributed by atoms with Gasteiger partial charge in [-0.25, -0.2) is 8.42 Å². The van der Waals surface area contributed by atoms with Crippen LogP contribution in [0.1, 0.15) is 35.9 Å². The van der Waals surface area contributed by atoms with Gasteiger partial charge in [0.2, 0.25) is 15.9 Å². The first-order valence-corrected chi connectivity index (χ1v) is 10.2. The van der Waals surface area contributed by atoms with Crippen LogP contribution in [0, 0.1) is 0 Å². The van der Waals surface area contributed by atoms with Gasteiger partial charge in [0.25, 0.3) is 5.91 Å². The van der Waals surface area contributed by atoms with Crippen molar-refractivity contribution in [1.29, 1.82) is 0 Å². The molecule has 134 valence electrons. The van der Waals surface area contributed by atoms with Crippen LogP contribution in [0.4, 0.5) is 0 Å². The fourth-order valence-electron chi connectivity index (χ4n) is 2.68. The lowest BCUT2D eigenvalue weighted by Crippen LogP contribution is -2.57. The molecule has 1 aliphatic rings. The average molecular weight is 374 g/mol. The quantitative estimate of drug-likeness (QED) is 0.810. The van der Waals surface area contributed by atoms with Crippen molar-refractivity contribution in [1.82, 2.24) is 14.5 Å². The molecule has 1 aromatic heterocycles. The minimum absolute atomic E-state index is 0.0740. The van der Waals surface area contributed by atoms with E-state index in [0.717, 1.165) is 24.2 Å². The second kappa shape index (κ2) is 7.62. The first kappa shape index (κ1) is 18.9. The fourth-order valence-corrected chi connectivity index (χ4v) is 5.49. The summed E-state index contributed by atoms with van der Waals surface area (Å²) in [6.45, 7) is 2.64. The van der Waals surface area contributed by atoms with Crippen molar-refractivity contribution in [3.8, 4) is 0 Å². The SMILES string of the molecule is CCCC[C@H]1C(=O)N(C)CCN1S(=O)(=O)c1csc(C(=O)NC)c1. The maximum absolute atomic E-state index is 13.0. The van der Waals surface area contributed by atoms with E-state index in [1.54, 1.807) is 11.9 Å². The van der Waals surface area contributed by atoms with Crippen LogP contribution in [0.5, 0.6) is 0 Å². The number of nitrogens with one attached hydrogen (secondary N) is 1. The molecule has 0 radical (unpaired) electrons. The number of hydrogen-bond donors (Lipinski definition) is 1. The van der Waals surface area contributed by atoms with Crippen LogP contribution in [0.15, 0.2) is 16.3 Å². The number of unbranched alkanes of at least 4 members (excludes halogenated alkanes) is 1. The number of carbonyl (C=O) groups is 2. The van der Waals surface area contributed by atoms with Gasteiger partial charge in [-0.2, -0.15) is 4.31 Å². The van der Waals surface area contributed by atoms with Gasteiger partial charge in [-0.05, 0) is 12.5 Å². The summed E-state index contributed by atoms with van der Waals surface area (Å²) in [5.74, 6) is -0.488. The van der Waals surface area contributed by atoms with E-state index in [9.17, 15) is 18.0 Å². The molecule has 2 heterocycles. The van der Waals surface area contributed by atoms with E-state index >= 15 is 0 Å². The third-order valence-electron chi connectivity index (χ3n) is 4.13. The van der Waals surface area contributed by atoms with Crippen molar-refractivity contribution in [2.45, 2.75) is 37.1 Å². The maximum atomic E-state index is 13.0. The maximum Gasteiger partial charge on any atom is 0.261 e. The average Bonchev–Trinajstić information content (AvgIpc) is 3.06. The molecule has 1 aromatic rings. The van der Waals surface area contributed by atoms with Gasteiger partial charge in [0, 0.05) is 32.6 Å². The summed E-state index contributed by atoms with van der Waals surface area (Å²) in [5.41, 5.74) is 0. The van der Waals surface area contributed by atoms with Crippen LogP contribution in [0.3, 0.4) is 0 Å². The van der Waals surface area contributed by atoms with Gasteiger partial charge in [-0.15, -0.1) is 11.3 Å². The zero-order chi connectivity index (χ0) is 17.9. The van der Waals surface area contributed by atoms with Crippen LogP contribution in [0.2, 0.25) is 0 Å². The van der Waals surface area contributed by atoms with Crippen LogP contribution in [-0.2, 0) is 14.8 Å². The van der Waals surface area contributed by atoms with Gasteiger partial charge in [-0.3, -0.25) is 9.59 Å². The van der Waals surface area contributed by atoms with Gasteiger partial charge >= 0.3 is 0 Å². The Morgan fingerprint density at radius 2 is 2.12 bits per heavy atom. The number of piperazine rings is 1. The second-order valence-electron chi connectivity index (χ2n) is 5.76. The number of likely N-dealkylation sites (N-methyl/N-ethyl adjacent to an activating group) is 1. The first-order chi connectivity index (χ1) is 11.3. The molecule has 1 aliphatic heterocycles. The van der Waals surface area contributed by atoms with Gasteiger partial charge in [0.1, 0.15) is 6.04 Å². The Balaban J connectivity index is 2.33. The first-order valence-electron chi connectivity index (χ1n) is 7.90. The van der Waals surface area contributed by atoms with E-state index in [2.05, 4.69) is 5.32 Å². The van der Waals surface area contributed by atoms with Crippen molar-refractivity contribution < 1.29 is 18.0 Å². The van der Waals surface area contributed by atoms with Crippen molar-refractivity contribution >= 4 is 33.2 Å². The minimum atomic E-state index is -3.80. The van der Waals surface area contributed by atoms with Gasteiger partial charge in [0.05, 0.1) is 9.77 Å². The molecule has 0 aliphatic carbocycles. The highest BCUT2D eigenvalue weighted by Crippen LogP contribution is 2.27. The Labute approximate surface area is 146 Å². The van der Waals surface area contributed by atoms with Crippen molar-refractivity contribution in [3.05, 3.63) is 16.3 Å². The molecular formula is C15H23N3O4S2. The summed E-state index contributed by atoms with van der Waals surface area (Å²) < 4.78 is 27.2. The molecule has 0 spiro atoms. The van der Waals surface area contributed by atoms with E-state index in [1.165, 1.54) is 22.8 Å². The molecule has 7 nitrogen and oxygen atoms in total. The summed E-state index contributed by atoms with van der Waals surface area (Å²) in [5, 5.41) is 3.94. The van der Waals surface area contributed by atoms with Crippen molar-refractivity contribution in [2.75, 3.05) is 27.2 Å². The smallest absolute Gasteiger partial charge is 0.261 e. The van der Waals surface area contributed by atoms with Gasteiger partial charge < -0.3 is 10.2 Å². The van der Waals surface area contributed by atoms with Crippen molar-refractivity contribution in [3.63, 3.8) is 0 Å². The lowest BCUT2D eigenvalue weighted by atomic mass is 10.1. The van der Waals surface area contributed by atoms with Gasteiger partial charge in [0.15, 0.2) is 0 Å². The third kappa shape index (κ3) is 3.62. The number of amides is 2. The summed E-state index contributed by atoms with van der Waals surface area (Å²) in [6, 6.07) is 0.704. The van der Waals surface area contributed by atoms with Crippen LogP contribution < -0.4 is 5.32 Å². The van der Waals surface area contributed by atoms with Crippen LogP contribution in [0.25, 0.3) is 0 Å². The monoisotopic (exact) mass is 373 g/mol.